The van der Waals surface area contributed by atoms with Crippen LogP contribution in [0, 0.1) is 27.7 Å². The number of aliphatic hydroxyl groups is 1. The van der Waals surface area contributed by atoms with Crippen LogP contribution in [0.4, 0.5) is 0 Å². The fraction of sp³-hybridized carbons (Fsp3) is 0.114. The highest BCUT2D eigenvalue weighted by atomic mass is 79.9. The standard InChI is InChI=1S/C29H23Br.C28H21BrO.C20H13BrO2.2CH4/c1-4-21-11-13-22(14-12-21)29(27-17-19(2)9-10-20(27)3)26-8-6-5-7-24(26)25-16-15-23(30)18-28(25)29;1-18-7-8-19(2)26(15-18)28(21-11-9-20(17-30)10-12-21)25-6-4-3-5-23(25)24-14-13-22(29)16-27(24)28;21-15-9-10-17-16-3-1-2-4-18(16)20(23,19(17)11-15)14-7-5-13(12-22)6-8-14;;/h4-18H,1H2,2-3H3;3-17H,1-2H3;1-12,23H;2*1H4. The Hall–Kier alpha value is -8.10. The molecule has 420 valence electrons. The van der Waals surface area contributed by atoms with Gasteiger partial charge in [-0.25, -0.2) is 0 Å². The van der Waals surface area contributed by atoms with Gasteiger partial charge >= 0.3 is 0 Å². The Morgan fingerprint density at radius 2 is 0.671 bits per heavy atom. The largest absolute Gasteiger partial charge is 0.376 e. The minimum Gasteiger partial charge on any atom is -0.376 e. The van der Waals surface area contributed by atoms with E-state index in [1.807, 2.05) is 72.8 Å². The molecule has 0 aromatic heterocycles. The highest BCUT2D eigenvalue weighted by Gasteiger charge is 2.49. The van der Waals surface area contributed by atoms with Crippen LogP contribution in [-0.2, 0) is 16.4 Å². The summed E-state index contributed by atoms with van der Waals surface area (Å²) in [6.07, 6.45) is 3.62. The Balaban J connectivity index is 0.000000141. The lowest BCUT2D eigenvalue weighted by Crippen LogP contribution is -2.29. The maximum atomic E-state index is 11.6. The maximum Gasteiger partial charge on any atom is 0.150 e. The van der Waals surface area contributed by atoms with E-state index in [9.17, 15) is 14.7 Å². The molecule has 3 aliphatic rings. The summed E-state index contributed by atoms with van der Waals surface area (Å²) in [5, 5.41) is 11.6. The maximum absolute atomic E-state index is 11.6. The van der Waals surface area contributed by atoms with Crippen molar-refractivity contribution in [1.29, 1.82) is 0 Å². The van der Waals surface area contributed by atoms with Gasteiger partial charge < -0.3 is 5.11 Å². The van der Waals surface area contributed by atoms with Gasteiger partial charge in [-0.3, -0.25) is 9.59 Å². The normalized spacial score (nSPS) is 16.8. The van der Waals surface area contributed by atoms with E-state index in [2.05, 4.69) is 240 Å². The van der Waals surface area contributed by atoms with Crippen molar-refractivity contribution in [2.75, 3.05) is 0 Å². The first-order valence-electron chi connectivity index (χ1n) is 27.7. The number of aldehydes is 2. The van der Waals surface area contributed by atoms with Gasteiger partial charge in [0.1, 0.15) is 18.2 Å². The summed E-state index contributed by atoms with van der Waals surface area (Å²) in [7, 11) is 0. The number of benzene rings is 11. The summed E-state index contributed by atoms with van der Waals surface area (Å²) in [5.74, 6) is 0. The molecule has 0 heterocycles. The van der Waals surface area contributed by atoms with Crippen LogP contribution in [0.1, 0.15) is 125 Å². The lowest BCUT2D eigenvalue weighted by molar-refractivity contribution is 0.111. The van der Waals surface area contributed by atoms with Crippen molar-refractivity contribution in [2.24, 2.45) is 0 Å². The second kappa shape index (κ2) is 24.1. The Labute approximate surface area is 526 Å². The molecule has 0 saturated heterocycles. The number of halogens is 3. The monoisotopic (exact) mass is 1300 g/mol. The summed E-state index contributed by atoms with van der Waals surface area (Å²) in [6, 6.07) is 82.3. The second-order valence-electron chi connectivity index (χ2n) is 21.9. The predicted molar refractivity (Wildman–Crippen MR) is 364 cm³/mol. The highest BCUT2D eigenvalue weighted by molar-refractivity contribution is 9.11. The molecule has 0 radical (unpaired) electrons. The molecule has 6 heteroatoms. The molecule has 11 aromatic rings. The third-order valence-electron chi connectivity index (χ3n) is 17.1. The molecule has 3 nitrogen and oxygen atoms in total. The van der Waals surface area contributed by atoms with E-state index < -0.39 is 11.0 Å². The van der Waals surface area contributed by atoms with Gasteiger partial charge in [0.05, 0.1) is 10.8 Å². The van der Waals surface area contributed by atoms with Crippen LogP contribution < -0.4 is 0 Å². The van der Waals surface area contributed by atoms with Gasteiger partial charge in [0.25, 0.3) is 0 Å². The minimum atomic E-state index is -1.21. The Morgan fingerprint density at radius 3 is 1.07 bits per heavy atom. The Morgan fingerprint density at radius 1 is 0.341 bits per heavy atom. The van der Waals surface area contributed by atoms with Crippen molar-refractivity contribution < 1.29 is 14.7 Å². The zero-order chi connectivity index (χ0) is 57.8. The van der Waals surface area contributed by atoms with Gasteiger partial charge in [0, 0.05) is 35.7 Å². The molecule has 14 rings (SSSR count). The van der Waals surface area contributed by atoms with Crippen LogP contribution >= 0.6 is 47.8 Å². The summed E-state index contributed by atoms with van der Waals surface area (Å²) in [4.78, 5) is 22.2. The third-order valence-corrected chi connectivity index (χ3v) is 18.6. The van der Waals surface area contributed by atoms with Crippen LogP contribution in [-0.4, -0.2) is 17.7 Å². The first-order valence-corrected chi connectivity index (χ1v) is 30.1. The van der Waals surface area contributed by atoms with Crippen LogP contribution in [0.25, 0.3) is 39.5 Å². The van der Waals surface area contributed by atoms with E-state index in [4.69, 9.17) is 0 Å². The molecular formula is C79H65Br3O3. The van der Waals surface area contributed by atoms with Crippen LogP contribution in [0.2, 0.25) is 0 Å². The fourth-order valence-corrected chi connectivity index (χ4v) is 14.4. The van der Waals surface area contributed by atoms with E-state index in [1.165, 1.54) is 89.0 Å². The van der Waals surface area contributed by atoms with Gasteiger partial charge in [0.15, 0.2) is 0 Å². The van der Waals surface area contributed by atoms with E-state index >= 15 is 0 Å². The third kappa shape index (κ3) is 9.97. The molecular weight excluding hydrogens is 1240 g/mol. The van der Waals surface area contributed by atoms with Crippen molar-refractivity contribution in [3.05, 3.63) is 357 Å². The summed E-state index contributed by atoms with van der Waals surface area (Å²) >= 11 is 11.0. The minimum absolute atomic E-state index is 0. The van der Waals surface area contributed by atoms with Gasteiger partial charge in [-0.2, -0.15) is 0 Å². The van der Waals surface area contributed by atoms with Gasteiger partial charge in [-0.1, -0.05) is 287 Å². The molecule has 0 saturated carbocycles. The van der Waals surface area contributed by atoms with Gasteiger partial charge in [-0.05, 0) is 164 Å². The molecule has 0 fully saturated rings. The summed E-state index contributed by atoms with van der Waals surface area (Å²) in [5.41, 5.74) is 25.5. The molecule has 3 unspecified atom stereocenters. The van der Waals surface area contributed by atoms with E-state index in [1.54, 1.807) is 12.1 Å². The van der Waals surface area contributed by atoms with Crippen molar-refractivity contribution in [1.82, 2.24) is 0 Å². The smallest absolute Gasteiger partial charge is 0.150 e. The van der Waals surface area contributed by atoms with Crippen molar-refractivity contribution >= 4 is 66.4 Å². The summed E-state index contributed by atoms with van der Waals surface area (Å²) in [6.45, 7) is 12.7. The van der Waals surface area contributed by atoms with E-state index in [0.717, 1.165) is 59.4 Å². The molecule has 11 aromatic carbocycles. The molecule has 3 atom stereocenters. The molecule has 0 amide bonds. The van der Waals surface area contributed by atoms with Crippen molar-refractivity contribution in [3.8, 4) is 33.4 Å². The van der Waals surface area contributed by atoms with Crippen molar-refractivity contribution in [3.63, 3.8) is 0 Å². The average Bonchev–Trinajstić information content (AvgIpc) is 1.61. The average molecular weight is 1300 g/mol. The highest BCUT2D eigenvalue weighted by Crippen LogP contribution is 2.59. The lowest BCUT2D eigenvalue weighted by Gasteiger charge is -2.35. The van der Waals surface area contributed by atoms with Crippen LogP contribution in [0.3, 0.4) is 0 Å². The predicted octanol–water partition coefficient (Wildman–Crippen LogP) is 21.1. The molecule has 0 spiro atoms. The van der Waals surface area contributed by atoms with Crippen LogP contribution in [0.5, 0.6) is 0 Å². The second-order valence-corrected chi connectivity index (χ2v) is 24.6. The molecule has 3 aliphatic carbocycles. The molecule has 1 N–H and O–H groups in total. The summed E-state index contributed by atoms with van der Waals surface area (Å²) < 4.78 is 3.09. The number of rotatable bonds is 8. The topological polar surface area (TPSA) is 54.4 Å². The molecule has 0 bridgehead atoms. The first-order chi connectivity index (χ1) is 40.2. The number of carbonyl (C=O) groups excluding carboxylic acids is 2. The SMILES string of the molecule is C.C.C=Cc1ccc(C2(c3cc(C)ccc3C)c3ccccc3-c3ccc(Br)cc32)cc1.Cc1ccc(C)c(C2(c3ccc(C=O)cc3)c3ccccc3-c3ccc(Br)cc32)c1.O=Cc1ccc(C2(O)c3ccccc3-c3ccc(Br)cc32)cc1. The number of aryl methyl sites for hydroxylation is 4. The molecule has 85 heavy (non-hydrogen) atoms. The first kappa shape index (κ1) is 60.0. The zero-order valence-electron chi connectivity index (χ0n) is 46.4. The lowest BCUT2D eigenvalue weighted by atomic mass is 9.66. The number of carbonyl (C=O) groups is 2. The number of hydrogen-bond donors (Lipinski definition) is 1. The molecule has 0 aliphatic heterocycles. The van der Waals surface area contributed by atoms with E-state index in [0.29, 0.717) is 11.1 Å². The van der Waals surface area contributed by atoms with Gasteiger partial charge in [0.2, 0.25) is 0 Å². The zero-order valence-corrected chi connectivity index (χ0v) is 51.1. The number of fused-ring (bicyclic) bond motifs is 9. The quantitative estimate of drug-likeness (QED) is 0.154. The number of hydrogen-bond acceptors (Lipinski definition) is 3. The Bertz CT molecular complexity index is 4170. The van der Waals surface area contributed by atoms with Crippen LogP contribution in [0.15, 0.2) is 257 Å². The van der Waals surface area contributed by atoms with E-state index in [-0.39, 0.29) is 20.3 Å². The fourth-order valence-electron chi connectivity index (χ4n) is 13.3. The Kier molecular flexibility index (Phi) is 17.0. The van der Waals surface area contributed by atoms with Gasteiger partial charge in [-0.15, -0.1) is 0 Å². The van der Waals surface area contributed by atoms with Crippen molar-refractivity contribution in [2.45, 2.75) is 59.0 Å².